The molecule has 7 heteroatoms. The van der Waals surface area contributed by atoms with Crippen LogP contribution in [0.5, 0.6) is 0 Å². The van der Waals surface area contributed by atoms with Crippen LogP contribution in [-0.4, -0.2) is 40.2 Å². The molecule has 2 aromatic carbocycles. The van der Waals surface area contributed by atoms with Crippen molar-refractivity contribution < 1.29 is 13.2 Å². The van der Waals surface area contributed by atoms with Crippen molar-refractivity contribution in [2.45, 2.75) is 40.2 Å². The zero-order valence-electron chi connectivity index (χ0n) is 18.9. The Kier molecular flexibility index (Phi) is 7.26. The summed E-state index contributed by atoms with van der Waals surface area (Å²) in [4.78, 5) is 15.0. The van der Waals surface area contributed by atoms with Crippen molar-refractivity contribution in [3.8, 4) is 0 Å². The smallest absolute Gasteiger partial charge is 0.241 e. The molecule has 0 spiro atoms. The molecule has 1 aliphatic rings. The van der Waals surface area contributed by atoms with Gasteiger partial charge in [0.05, 0.1) is 11.9 Å². The molecule has 0 aromatic heterocycles. The van der Waals surface area contributed by atoms with Crippen LogP contribution < -0.4 is 14.5 Å². The fraction of sp³-hybridized carbons (Fsp3) is 0.458. The molecule has 168 valence electrons. The third-order valence-electron chi connectivity index (χ3n) is 5.77. The topological polar surface area (TPSA) is 69.7 Å². The van der Waals surface area contributed by atoms with E-state index in [4.69, 9.17) is 0 Å². The van der Waals surface area contributed by atoms with Crippen molar-refractivity contribution in [2.24, 2.45) is 5.92 Å². The van der Waals surface area contributed by atoms with Gasteiger partial charge >= 0.3 is 0 Å². The van der Waals surface area contributed by atoms with Crippen LogP contribution in [-0.2, 0) is 21.4 Å². The maximum atomic E-state index is 12.6. The number of nitrogens with one attached hydrogen (secondary N) is 1. The zero-order chi connectivity index (χ0) is 22.6. The Morgan fingerprint density at radius 1 is 1.16 bits per heavy atom. The van der Waals surface area contributed by atoms with Gasteiger partial charge in [-0.3, -0.25) is 9.10 Å². The van der Waals surface area contributed by atoms with Gasteiger partial charge in [-0.15, -0.1) is 0 Å². The second kappa shape index (κ2) is 9.73. The lowest BCUT2D eigenvalue weighted by molar-refractivity contribution is -0.119. The van der Waals surface area contributed by atoms with E-state index in [0.717, 1.165) is 36.0 Å². The lowest BCUT2D eigenvalue weighted by Crippen LogP contribution is -2.40. The van der Waals surface area contributed by atoms with Gasteiger partial charge < -0.3 is 10.2 Å². The Bertz CT molecular complexity index is 1020. The van der Waals surface area contributed by atoms with Crippen molar-refractivity contribution in [3.63, 3.8) is 0 Å². The number of aryl methyl sites for hydroxylation is 2. The monoisotopic (exact) mass is 443 g/mol. The summed E-state index contributed by atoms with van der Waals surface area (Å²) in [5, 5.41) is 2.85. The van der Waals surface area contributed by atoms with Crippen molar-refractivity contribution >= 4 is 27.3 Å². The number of hydrogen-bond donors (Lipinski definition) is 1. The second-order valence-corrected chi connectivity index (χ2v) is 10.6. The standard InChI is InChI=1S/C24H33N3O3S/c1-18-7-8-20(3)23(14-18)27(31(4,29)30)17-24(28)25-15-21-9-11-22(12-10-21)26-13-5-6-19(2)16-26/h7-12,14,19H,5-6,13,15-17H2,1-4H3,(H,25,28). The van der Waals surface area contributed by atoms with Gasteiger partial charge in [0.1, 0.15) is 6.54 Å². The number of nitrogens with zero attached hydrogens (tertiary/aromatic N) is 2. The highest BCUT2D eigenvalue weighted by molar-refractivity contribution is 7.92. The molecule has 1 atom stereocenters. The van der Waals surface area contributed by atoms with E-state index in [2.05, 4.69) is 29.3 Å². The molecule has 1 heterocycles. The summed E-state index contributed by atoms with van der Waals surface area (Å²) < 4.78 is 25.9. The zero-order valence-corrected chi connectivity index (χ0v) is 19.7. The molecule has 0 bridgehead atoms. The summed E-state index contributed by atoms with van der Waals surface area (Å²) in [6.45, 7) is 8.31. The number of carbonyl (C=O) groups excluding carboxylic acids is 1. The summed E-state index contributed by atoms with van der Waals surface area (Å²) in [5.74, 6) is 0.378. The molecular formula is C24H33N3O3S. The minimum Gasteiger partial charge on any atom is -0.371 e. The summed E-state index contributed by atoms with van der Waals surface area (Å²) in [7, 11) is -3.59. The van der Waals surface area contributed by atoms with E-state index in [0.29, 0.717) is 18.2 Å². The van der Waals surface area contributed by atoms with Crippen LogP contribution in [0.1, 0.15) is 36.5 Å². The van der Waals surface area contributed by atoms with Crippen LogP contribution in [0.4, 0.5) is 11.4 Å². The summed E-state index contributed by atoms with van der Waals surface area (Å²) in [6, 6.07) is 13.8. The highest BCUT2D eigenvalue weighted by Crippen LogP contribution is 2.24. The second-order valence-electron chi connectivity index (χ2n) is 8.70. The number of amides is 1. The molecule has 1 N–H and O–H groups in total. The highest BCUT2D eigenvalue weighted by atomic mass is 32.2. The van der Waals surface area contributed by atoms with Crippen LogP contribution in [0, 0.1) is 19.8 Å². The lowest BCUT2D eigenvalue weighted by Gasteiger charge is -2.32. The number of piperidine rings is 1. The molecule has 1 unspecified atom stereocenters. The van der Waals surface area contributed by atoms with E-state index in [9.17, 15) is 13.2 Å². The van der Waals surface area contributed by atoms with E-state index in [1.807, 2.05) is 38.1 Å². The fourth-order valence-electron chi connectivity index (χ4n) is 4.00. The van der Waals surface area contributed by atoms with Crippen molar-refractivity contribution in [2.75, 3.05) is 35.1 Å². The minimum absolute atomic E-state index is 0.243. The van der Waals surface area contributed by atoms with Crippen LogP contribution in [0.15, 0.2) is 42.5 Å². The Morgan fingerprint density at radius 3 is 2.52 bits per heavy atom. The molecule has 31 heavy (non-hydrogen) atoms. The largest absolute Gasteiger partial charge is 0.371 e. The number of benzene rings is 2. The third kappa shape index (κ3) is 6.23. The summed E-state index contributed by atoms with van der Waals surface area (Å²) in [6.07, 6.45) is 3.63. The molecule has 1 saturated heterocycles. The fourth-order valence-corrected chi connectivity index (χ4v) is 4.91. The van der Waals surface area contributed by atoms with Crippen LogP contribution >= 0.6 is 0 Å². The van der Waals surface area contributed by atoms with Crippen LogP contribution in [0.25, 0.3) is 0 Å². The van der Waals surface area contributed by atoms with Gasteiger partial charge in [-0.1, -0.05) is 31.2 Å². The van der Waals surface area contributed by atoms with Gasteiger partial charge in [-0.05, 0) is 67.5 Å². The van der Waals surface area contributed by atoms with Crippen LogP contribution in [0.3, 0.4) is 0 Å². The minimum atomic E-state index is -3.59. The Hall–Kier alpha value is -2.54. The molecule has 1 aliphatic heterocycles. The molecule has 1 fully saturated rings. The van der Waals surface area contributed by atoms with E-state index in [-0.39, 0.29) is 12.5 Å². The van der Waals surface area contributed by atoms with Crippen LogP contribution in [0.2, 0.25) is 0 Å². The van der Waals surface area contributed by atoms with Gasteiger partial charge in [0.25, 0.3) is 0 Å². The average molecular weight is 444 g/mol. The van der Waals surface area contributed by atoms with E-state index >= 15 is 0 Å². The van der Waals surface area contributed by atoms with Crippen molar-refractivity contribution in [1.29, 1.82) is 0 Å². The maximum absolute atomic E-state index is 12.6. The van der Waals surface area contributed by atoms with Crippen molar-refractivity contribution in [3.05, 3.63) is 59.2 Å². The quantitative estimate of drug-likeness (QED) is 0.710. The normalized spacial score (nSPS) is 16.8. The average Bonchev–Trinajstić information content (AvgIpc) is 2.72. The van der Waals surface area contributed by atoms with Gasteiger partial charge in [-0.2, -0.15) is 0 Å². The molecule has 0 aliphatic carbocycles. The SMILES string of the molecule is Cc1ccc(C)c(N(CC(=O)NCc2ccc(N3CCCC(C)C3)cc2)S(C)(=O)=O)c1. The highest BCUT2D eigenvalue weighted by Gasteiger charge is 2.22. The van der Waals surface area contributed by atoms with Crippen molar-refractivity contribution in [1.82, 2.24) is 5.32 Å². The van der Waals surface area contributed by atoms with Gasteiger partial charge in [0.2, 0.25) is 15.9 Å². The number of hydrogen-bond acceptors (Lipinski definition) is 4. The third-order valence-corrected chi connectivity index (χ3v) is 6.90. The first-order valence-corrected chi connectivity index (χ1v) is 12.6. The summed E-state index contributed by atoms with van der Waals surface area (Å²) in [5.41, 5.74) is 4.49. The first kappa shape index (κ1) is 23.1. The van der Waals surface area contributed by atoms with Gasteiger partial charge in [-0.25, -0.2) is 8.42 Å². The Labute approximate surface area is 186 Å². The predicted octanol–water partition coefficient (Wildman–Crippen LogP) is 3.62. The molecule has 0 saturated carbocycles. The van der Waals surface area contributed by atoms with E-state index < -0.39 is 10.0 Å². The molecule has 0 radical (unpaired) electrons. The van der Waals surface area contributed by atoms with E-state index in [1.165, 1.54) is 22.8 Å². The summed E-state index contributed by atoms with van der Waals surface area (Å²) >= 11 is 0. The van der Waals surface area contributed by atoms with E-state index in [1.54, 1.807) is 6.07 Å². The number of anilines is 2. The molecule has 3 rings (SSSR count). The maximum Gasteiger partial charge on any atom is 0.241 e. The van der Waals surface area contributed by atoms with Gasteiger partial charge in [0, 0.05) is 25.3 Å². The lowest BCUT2D eigenvalue weighted by atomic mass is 9.99. The Morgan fingerprint density at radius 2 is 1.87 bits per heavy atom. The van der Waals surface area contributed by atoms with Gasteiger partial charge in [0.15, 0.2) is 0 Å². The molecule has 6 nitrogen and oxygen atoms in total. The number of carbonyl (C=O) groups is 1. The molecule has 2 aromatic rings. The predicted molar refractivity (Wildman–Crippen MR) is 127 cm³/mol. The number of rotatable bonds is 7. The first-order valence-electron chi connectivity index (χ1n) is 10.8. The molecular weight excluding hydrogens is 410 g/mol. The number of sulfonamides is 1. The first-order chi connectivity index (χ1) is 14.6. The Balaban J connectivity index is 1.62. The molecule has 1 amide bonds.